The van der Waals surface area contributed by atoms with E-state index in [-0.39, 0.29) is 17.6 Å². The van der Waals surface area contributed by atoms with E-state index in [1.807, 2.05) is 0 Å². The first-order valence-electron chi connectivity index (χ1n) is 5.94. The van der Waals surface area contributed by atoms with Crippen molar-refractivity contribution in [2.75, 3.05) is 11.5 Å². The lowest BCUT2D eigenvalue weighted by Crippen LogP contribution is -2.45. The molecule has 1 rings (SSSR count). The number of amides is 1. The second-order valence-corrected chi connectivity index (χ2v) is 7.28. The highest BCUT2D eigenvalue weighted by atomic mass is 32.2. The van der Waals surface area contributed by atoms with Gasteiger partial charge in [-0.1, -0.05) is 13.8 Å². The number of aliphatic carboxylic acids is 1. The molecule has 1 saturated carbocycles. The van der Waals surface area contributed by atoms with Crippen LogP contribution in [0.25, 0.3) is 0 Å². The van der Waals surface area contributed by atoms with E-state index in [0.717, 1.165) is 12.8 Å². The minimum absolute atomic E-state index is 0.0542. The minimum Gasteiger partial charge on any atom is -0.480 e. The number of carbonyl (C=O) groups excluding carboxylic acids is 1. The minimum atomic E-state index is -3.46. The summed E-state index contributed by atoms with van der Waals surface area (Å²) in [6, 6.07) is -0.952. The van der Waals surface area contributed by atoms with Gasteiger partial charge >= 0.3 is 5.97 Å². The van der Waals surface area contributed by atoms with Crippen LogP contribution in [-0.2, 0) is 19.4 Å². The number of rotatable bonds is 7. The van der Waals surface area contributed by atoms with Crippen molar-refractivity contribution in [1.82, 2.24) is 5.32 Å². The Hall–Kier alpha value is -1.11. The molecule has 0 aliphatic heterocycles. The Morgan fingerprint density at radius 2 is 1.89 bits per heavy atom. The van der Waals surface area contributed by atoms with Gasteiger partial charge in [-0.15, -0.1) is 0 Å². The Morgan fingerprint density at radius 1 is 1.33 bits per heavy atom. The van der Waals surface area contributed by atoms with E-state index in [1.165, 1.54) is 0 Å². The van der Waals surface area contributed by atoms with Gasteiger partial charge in [0.2, 0.25) is 5.91 Å². The van der Waals surface area contributed by atoms with Crippen LogP contribution in [0.2, 0.25) is 0 Å². The lowest BCUT2D eigenvalue weighted by molar-refractivity contribution is -0.142. The van der Waals surface area contributed by atoms with E-state index in [9.17, 15) is 18.0 Å². The zero-order valence-corrected chi connectivity index (χ0v) is 11.4. The Bertz CT molecular complexity index is 425. The van der Waals surface area contributed by atoms with Gasteiger partial charge in [0.1, 0.15) is 11.8 Å². The predicted molar refractivity (Wildman–Crippen MR) is 65.8 cm³/mol. The van der Waals surface area contributed by atoms with Crippen molar-refractivity contribution in [2.24, 2.45) is 11.8 Å². The van der Waals surface area contributed by atoms with Crippen LogP contribution in [0.15, 0.2) is 0 Å². The first kappa shape index (κ1) is 14.9. The molecule has 7 heteroatoms. The molecule has 0 aromatic carbocycles. The van der Waals surface area contributed by atoms with Gasteiger partial charge in [0.05, 0.1) is 5.75 Å². The molecule has 1 unspecified atom stereocenters. The summed E-state index contributed by atoms with van der Waals surface area (Å²) < 4.78 is 23.2. The van der Waals surface area contributed by atoms with Gasteiger partial charge in [-0.05, 0) is 24.7 Å². The third-order valence-corrected chi connectivity index (χ3v) is 4.49. The quantitative estimate of drug-likeness (QED) is 0.684. The maximum atomic E-state index is 11.6. The van der Waals surface area contributed by atoms with Gasteiger partial charge in [-0.3, -0.25) is 4.79 Å². The molecule has 1 aliphatic carbocycles. The van der Waals surface area contributed by atoms with Gasteiger partial charge < -0.3 is 10.4 Å². The van der Waals surface area contributed by atoms with E-state index in [0.29, 0.717) is 0 Å². The fourth-order valence-electron chi connectivity index (χ4n) is 1.79. The van der Waals surface area contributed by atoms with Gasteiger partial charge in [-0.25, -0.2) is 13.2 Å². The van der Waals surface area contributed by atoms with Crippen molar-refractivity contribution in [1.29, 1.82) is 0 Å². The van der Waals surface area contributed by atoms with Crippen LogP contribution in [0, 0.1) is 11.8 Å². The summed E-state index contributed by atoms with van der Waals surface area (Å²) in [7, 11) is -3.46. The van der Waals surface area contributed by atoms with Crippen LogP contribution < -0.4 is 5.32 Å². The molecule has 6 nitrogen and oxygen atoms in total. The van der Waals surface area contributed by atoms with Crippen molar-refractivity contribution < 1.29 is 23.1 Å². The molecule has 0 radical (unpaired) electrons. The molecule has 104 valence electrons. The van der Waals surface area contributed by atoms with Gasteiger partial charge in [0, 0.05) is 0 Å². The normalized spacial score (nSPS) is 17.5. The standard InChI is InChI=1S/C11H19NO5S/c1-7(2)5-18(16,17)6-9(13)12-10(11(14)15)8-3-4-8/h7-8,10H,3-6H2,1-2H3,(H,12,13)(H,14,15). The SMILES string of the molecule is CC(C)CS(=O)(=O)CC(=O)NC(C(=O)O)C1CC1. The first-order chi connectivity index (χ1) is 8.21. The number of sulfone groups is 1. The molecule has 0 aromatic rings. The summed E-state index contributed by atoms with van der Waals surface area (Å²) in [4.78, 5) is 22.4. The molecule has 1 atom stereocenters. The van der Waals surface area contributed by atoms with Gasteiger partial charge in [0.25, 0.3) is 0 Å². The van der Waals surface area contributed by atoms with Crippen LogP contribution in [0.4, 0.5) is 0 Å². The van der Waals surface area contributed by atoms with E-state index < -0.39 is 33.5 Å². The molecule has 1 fully saturated rings. The predicted octanol–water partition coefficient (Wildman–Crippen LogP) is 0.0366. The van der Waals surface area contributed by atoms with Crippen LogP contribution in [-0.4, -0.2) is 42.9 Å². The molecule has 0 spiro atoms. The molecule has 18 heavy (non-hydrogen) atoms. The summed E-state index contributed by atoms with van der Waals surface area (Å²) in [5.74, 6) is -2.65. The monoisotopic (exact) mass is 277 g/mol. The number of carboxylic acids is 1. The third kappa shape index (κ3) is 5.03. The molecule has 0 saturated heterocycles. The molecule has 0 heterocycles. The number of hydrogen-bond donors (Lipinski definition) is 2. The largest absolute Gasteiger partial charge is 0.480 e. The molecular formula is C11H19NO5S. The zero-order valence-electron chi connectivity index (χ0n) is 10.5. The maximum Gasteiger partial charge on any atom is 0.326 e. The summed E-state index contributed by atoms with van der Waals surface area (Å²) in [6.07, 6.45) is 1.52. The van der Waals surface area contributed by atoms with Gasteiger partial charge in [-0.2, -0.15) is 0 Å². The van der Waals surface area contributed by atoms with Crippen LogP contribution in [0.3, 0.4) is 0 Å². The molecule has 2 N–H and O–H groups in total. The Labute approximate surface area is 107 Å². The van der Waals surface area contributed by atoms with Crippen LogP contribution in [0.5, 0.6) is 0 Å². The van der Waals surface area contributed by atoms with E-state index >= 15 is 0 Å². The van der Waals surface area contributed by atoms with Crippen molar-refractivity contribution in [2.45, 2.75) is 32.7 Å². The molecule has 0 bridgehead atoms. The maximum absolute atomic E-state index is 11.6. The van der Waals surface area contributed by atoms with Crippen molar-refractivity contribution in [3.8, 4) is 0 Å². The lowest BCUT2D eigenvalue weighted by atomic mass is 10.2. The van der Waals surface area contributed by atoms with Crippen LogP contribution in [0.1, 0.15) is 26.7 Å². The highest BCUT2D eigenvalue weighted by molar-refractivity contribution is 7.92. The Balaban J connectivity index is 2.52. The smallest absolute Gasteiger partial charge is 0.326 e. The number of carbonyl (C=O) groups is 2. The molecule has 0 aromatic heterocycles. The van der Waals surface area contributed by atoms with Crippen molar-refractivity contribution >= 4 is 21.7 Å². The Morgan fingerprint density at radius 3 is 2.28 bits per heavy atom. The van der Waals surface area contributed by atoms with Crippen molar-refractivity contribution in [3.63, 3.8) is 0 Å². The third-order valence-electron chi connectivity index (χ3n) is 2.61. The van der Waals surface area contributed by atoms with Gasteiger partial charge in [0.15, 0.2) is 9.84 Å². The van der Waals surface area contributed by atoms with Crippen molar-refractivity contribution in [3.05, 3.63) is 0 Å². The summed E-state index contributed by atoms with van der Waals surface area (Å²) in [5, 5.41) is 11.2. The lowest BCUT2D eigenvalue weighted by Gasteiger charge is -2.14. The Kier molecular flexibility index (Phi) is 4.72. The average molecular weight is 277 g/mol. The second-order valence-electron chi connectivity index (χ2n) is 5.17. The first-order valence-corrected chi connectivity index (χ1v) is 7.76. The number of hydrogen-bond acceptors (Lipinski definition) is 4. The molecule has 1 aliphatic rings. The molecular weight excluding hydrogens is 258 g/mol. The number of nitrogens with one attached hydrogen (secondary N) is 1. The second kappa shape index (κ2) is 5.69. The summed E-state index contributed by atoms with van der Waals surface area (Å²) >= 11 is 0. The number of carboxylic acid groups (broad SMARTS) is 1. The van der Waals surface area contributed by atoms with E-state index in [2.05, 4.69) is 5.32 Å². The topological polar surface area (TPSA) is 101 Å². The van der Waals surface area contributed by atoms with E-state index in [1.54, 1.807) is 13.8 Å². The van der Waals surface area contributed by atoms with Crippen LogP contribution >= 0.6 is 0 Å². The fraction of sp³-hybridized carbons (Fsp3) is 0.818. The highest BCUT2D eigenvalue weighted by Gasteiger charge is 2.37. The summed E-state index contributed by atoms with van der Waals surface area (Å²) in [6.45, 7) is 3.50. The average Bonchev–Trinajstić information content (AvgIpc) is 2.93. The summed E-state index contributed by atoms with van der Waals surface area (Å²) in [5.41, 5.74) is 0. The fourth-order valence-corrected chi connectivity index (χ4v) is 3.41. The van der Waals surface area contributed by atoms with E-state index in [4.69, 9.17) is 5.11 Å². The zero-order chi connectivity index (χ0) is 13.9. The highest BCUT2D eigenvalue weighted by Crippen LogP contribution is 2.32. The molecule has 1 amide bonds.